The highest BCUT2D eigenvalue weighted by Crippen LogP contribution is 2.41. The molecule has 1 aromatic carbocycles. The lowest BCUT2D eigenvalue weighted by molar-refractivity contribution is 0.142. The van der Waals surface area contributed by atoms with Gasteiger partial charge in [0.15, 0.2) is 0 Å². The number of benzene rings is 1. The van der Waals surface area contributed by atoms with Gasteiger partial charge in [0.25, 0.3) is 0 Å². The monoisotopic (exact) mass is 273 g/mol. The Kier molecular flexibility index (Phi) is 3.42. The van der Waals surface area contributed by atoms with Crippen molar-refractivity contribution in [1.82, 2.24) is 15.5 Å². The SMILES string of the molecule is CN(C)[C@@H]1CC[C@]2(CNC(=O)N2)CC1c1ccccc1. The molecule has 1 aliphatic heterocycles. The van der Waals surface area contributed by atoms with Gasteiger partial charge < -0.3 is 15.5 Å². The van der Waals surface area contributed by atoms with Crippen molar-refractivity contribution in [2.45, 2.75) is 36.8 Å². The Bertz CT molecular complexity index is 488. The normalized spacial score (nSPS) is 33.2. The van der Waals surface area contributed by atoms with Crippen molar-refractivity contribution in [3.63, 3.8) is 0 Å². The highest BCUT2D eigenvalue weighted by Gasteiger charge is 2.45. The van der Waals surface area contributed by atoms with Gasteiger partial charge in [-0.1, -0.05) is 30.3 Å². The first-order chi connectivity index (χ1) is 9.60. The highest BCUT2D eigenvalue weighted by atomic mass is 16.2. The van der Waals surface area contributed by atoms with Gasteiger partial charge in [-0.3, -0.25) is 0 Å². The van der Waals surface area contributed by atoms with Gasteiger partial charge in [0.2, 0.25) is 0 Å². The number of carbonyl (C=O) groups is 1. The van der Waals surface area contributed by atoms with Crippen LogP contribution in [-0.4, -0.2) is 43.2 Å². The van der Waals surface area contributed by atoms with E-state index in [0.29, 0.717) is 12.0 Å². The zero-order valence-corrected chi connectivity index (χ0v) is 12.2. The maximum atomic E-state index is 11.5. The Morgan fingerprint density at radius 2 is 2.00 bits per heavy atom. The van der Waals surface area contributed by atoms with E-state index in [4.69, 9.17) is 0 Å². The molecule has 0 aromatic heterocycles. The molecule has 1 spiro atoms. The molecule has 2 aliphatic rings. The van der Waals surface area contributed by atoms with Crippen LogP contribution in [0.2, 0.25) is 0 Å². The summed E-state index contributed by atoms with van der Waals surface area (Å²) in [4.78, 5) is 13.9. The quantitative estimate of drug-likeness (QED) is 0.865. The van der Waals surface area contributed by atoms with E-state index in [0.717, 1.165) is 25.8 Å². The summed E-state index contributed by atoms with van der Waals surface area (Å²) < 4.78 is 0. The third-order valence-corrected chi connectivity index (χ3v) is 4.85. The van der Waals surface area contributed by atoms with Gasteiger partial charge >= 0.3 is 6.03 Å². The van der Waals surface area contributed by atoms with Crippen molar-refractivity contribution in [1.29, 1.82) is 0 Å². The van der Waals surface area contributed by atoms with E-state index in [1.807, 2.05) is 0 Å². The summed E-state index contributed by atoms with van der Waals surface area (Å²) in [6.45, 7) is 0.759. The summed E-state index contributed by atoms with van der Waals surface area (Å²) in [5.74, 6) is 0.472. The number of urea groups is 1. The van der Waals surface area contributed by atoms with E-state index in [1.165, 1.54) is 5.56 Å². The molecule has 1 aliphatic carbocycles. The minimum absolute atomic E-state index is 0.0138. The number of hydrogen-bond acceptors (Lipinski definition) is 2. The molecule has 3 rings (SSSR count). The molecule has 1 heterocycles. The largest absolute Gasteiger partial charge is 0.336 e. The first-order valence-electron chi connectivity index (χ1n) is 7.37. The van der Waals surface area contributed by atoms with Crippen LogP contribution in [0.3, 0.4) is 0 Å². The maximum Gasteiger partial charge on any atom is 0.315 e. The molecule has 0 radical (unpaired) electrons. The van der Waals surface area contributed by atoms with Crippen LogP contribution in [0.25, 0.3) is 0 Å². The van der Waals surface area contributed by atoms with Crippen LogP contribution in [0.1, 0.15) is 30.7 Å². The van der Waals surface area contributed by atoms with Crippen LogP contribution in [0.4, 0.5) is 4.79 Å². The second-order valence-corrected chi connectivity index (χ2v) is 6.38. The summed E-state index contributed by atoms with van der Waals surface area (Å²) in [6.07, 6.45) is 3.19. The molecule has 1 aromatic rings. The van der Waals surface area contributed by atoms with Gasteiger partial charge in [0, 0.05) is 18.5 Å². The van der Waals surface area contributed by atoms with Gasteiger partial charge in [0.05, 0.1) is 5.54 Å². The van der Waals surface area contributed by atoms with E-state index in [9.17, 15) is 4.79 Å². The standard InChI is InChI=1S/C16H23N3O/c1-19(2)14-8-9-16(11-17-15(20)18-16)10-13(14)12-6-4-3-5-7-12/h3-7,13-14H,8-11H2,1-2H3,(H2,17,18,20)/t13?,14-,16-/m1/s1. The number of nitrogens with zero attached hydrogens (tertiary/aromatic N) is 1. The minimum atomic E-state index is -0.0515. The van der Waals surface area contributed by atoms with Crippen molar-refractivity contribution in [2.75, 3.05) is 20.6 Å². The van der Waals surface area contributed by atoms with Gasteiger partial charge in [-0.05, 0) is 38.9 Å². The third kappa shape index (κ3) is 2.40. The average molecular weight is 273 g/mol. The average Bonchev–Trinajstić information content (AvgIpc) is 2.80. The van der Waals surface area contributed by atoms with Gasteiger partial charge in [-0.15, -0.1) is 0 Å². The first kappa shape index (κ1) is 13.4. The fourth-order valence-corrected chi connectivity index (χ4v) is 3.80. The number of carbonyl (C=O) groups excluding carboxylic acids is 1. The molecule has 1 saturated carbocycles. The molecule has 20 heavy (non-hydrogen) atoms. The lowest BCUT2D eigenvalue weighted by atomic mass is 9.70. The Balaban J connectivity index is 1.87. The molecule has 108 valence electrons. The Morgan fingerprint density at radius 3 is 2.60 bits per heavy atom. The number of nitrogens with one attached hydrogen (secondary N) is 2. The van der Waals surface area contributed by atoms with Crippen LogP contribution in [0.15, 0.2) is 30.3 Å². The van der Waals surface area contributed by atoms with Crippen LogP contribution in [0.5, 0.6) is 0 Å². The van der Waals surface area contributed by atoms with Crippen molar-refractivity contribution in [3.8, 4) is 0 Å². The summed E-state index contributed by atoms with van der Waals surface area (Å²) in [5, 5.41) is 6.09. The summed E-state index contributed by atoms with van der Waals surface area (Å²) in [6, 6.07) is 11.2. The zero-order valence-electron chi connectivity index (χ0n) is 12.2. The van der Waals surface area contributed by atoms with Crippen molar-refractivity contribution < 1.29 is 4.79 Å². The van der Waals surface area contributed by atoms with Crippen molar-refractivity contribution in [3.05, 3.63) is 35.9 Å². The van der Waals surface area contributed by atoms with E-state index < -0.39 is 0 Å². The van der Waals surface area contributed by atoms with E-state index in [1.54, 1.807) is 0 Å². The predicted molar refractivity (Wildman–Crippen MR) is 79.8 cm³/mol. The smallest absolute Gasteiger partial charge is 0.315 e. The number of likely N-dealkylation sites (N-methyl/N-ethyl adjacent to an activating group) is 1. The molecule has 4 nitrogen and oxygen atoms in total. The zero-order chi connectivity index (χ0) is 14.2. The molecule has 2 fully saturated rings. The highest BCUT2D eigenvalue weighted by molar-refractivity contribution is 5.77. The predicted octanol–water partition coefficient (Wildman–Crippen LogP) is 1.94. The summed E-state index contributed by atoms with van der Waals surface area (Å²) in [7, 11) is 4.31. The van der Waals surface area contributed by atoms with Crippen molar-refractivity contribution >= 4 is 6.03 Å². The molecule has 2 amide bonds. The summed E-state index contributed by atoms with van der Waals surface area (Å²) >= 11 is 0. The van der Waals surface area contributed by atoms with Gasteiger partial charge in [-0.25, -0.2) is 4.79 Å². The van der Waals surface area contributed by atoms with Gasteiger partial charge in [0.1, 0.15) is 0 Å². The second-order valence-electron chi connectivity index (χ2n) is 6.38. The molecular weight excluding hydrogens is 250 g/mol. The van der Waals surface area contributed by atoms with Gasteiger partial charge in [-0.2, -0.15) is 0 Å². The fraction of sp³-hybridized carbons (Fsp3) is 0.562. The summed E-state index contributed by atoms with van der Waals surface area (Å²) in [5.41, 5.74) is 1.33. The molecule has 2 N–H and O–H groups in total. The molecule has 3 atom stereocenters. The Hall–Kier alpha value is -1.55. The maximum absolute atomic E-state index is 11.5. The Labute approximate surface area is 120 Å². The number of hydrogen-bond donors (Lipinski definition) is 2. The minimum Gasteiger partial charge on any atom is -0.336 e. The molecule has 0 bridgehead atoms. The lowest BCUT2D eigenvalue weighted by Gasteiger charge is -2.44. The van der Waals surface area contributed by atoms with E-state index >= 15 is 0 Å². The van der Waals surface area contributed by atoms with Crippen LogP contribution in [-0.2, 0) is 0 Å². The third-order valence-electron chi connectivity index (χ3n) is 4.85. The fourth-order valence-electron chi connectivity index (χ4n) is 3.80. The number of amides is 2. The van der Waals surface area contributed by atoms with Crippen LogP contribution >= 0.6 is 0 Å². The van der Waals surface area contributed by atoms with E-state index in [-0.39, 0.29) is 11.6 Å². The van der Waals surface area contributed by atoms with Crippen LogP contribution in [0, 0.1) is 0 Å². The van der Waals surface area contributed by atoms with Crippen LogP contribution < -0.4 is 10.6 Å². The Morgan fingerprint density at radius 1 is 1.25 bits per heavy atom. The van der Waals surface area contributed by atoms with Crippen molar-refractivity contribution in [2.24, 2.45) is 0 Å². The molecule has 1 unspecified atom stereocenters. The molecule has 4 heteroatoms. The first-order valence-corrected chi connectivity index (χ1v) is 7.37. The van der Waals surface area contributed by atoms with E-state index in [2.05, 4.69) is 60.0 Å². The molecular formula is C16H23N3O. The molecule has 1 saturated heterocycles. The topological polar surface area (TPSA) is 44.4 Å². The second kappa shape index (κ2) is 5.09. The lowest BCUT2D eigenvalue weighted by Crippen LogP contribution is -2.52. The number of rotatable bonds is 2.